The summed E-state index contributed by atoms with van der Waals surface area (Å²) >= 11 is 0. The number of carbonyl (C=O) groups excluding carboxylic acids is 1. The largest absolute Gasteiger partial charge is 0.491 e. The first-order valence-corrected chi connectivity index (χ1v) is 7.55. The maximum atomic E-state index is 12.8. The first-order valence-electron chi connectivity index (χ1n) is 7.55. The fourth-order valence-corrected chi connectivity index (χ4v) is 2.59. The van der Waals surface area contributed by atoms with Gasteiger partial charge in [-0.05, 0) is 32.4 Å². The molecule has 2 rings (SSSR count). The van der Waals surface area contributed by atoms with Gasteiger partial charge >= 0.3 is 0 Å². The molecule has 5 nitrogen and oxygen atoms in total. The van der Waals surface area contributed by atoms with Gasteiger partial charge in [-0.1, -0.05) is 6.07 Å². The first kappa shape index (κ1) is 15.6. The Balaban J connectivity index is 2.18. The molecule has 0 saturated carbocycles. The Hall–Kier alpha value is -1.75. The summed E-state index contributed by atoms with van der Waals surface area (Å²) in [5.74, 6) is 0.886. The Morgan fingerprint density at radius 1 is 1.48 bits per heavy atom. The molecular weight excluding hydrogens is 268 g/mol. The van der Waals surface area contributed by atoms with Crippen molar-refractivity contribution >= 4 is 11.6 Å². The van der Waals surface area contributed by atoms with Crippen LogP contribution in [0.25, 0.3) is 0 Å². The molecule has 21 heavy (non-hydrogen) atoms. The Labute approximate surface area is 126 Å². The second-order valence-corrected chi connectivity index (χ2v) is 5.23. The average molecular weight is 292 g/mol. The minimum Gasteiger partial charge on any atom is -0.491 e. The molecule has 0 spiro atoms. The first-order chi connectivity index (χ1) is 10.2. The van der Waals surface area contributed by atoms with Gasteiger partial charge in [-0.15, -0.1) is 0 Å². The van der Waals surface area contributed by atoms with Crippen molar-refractivity contribution < 1.29 is 14.3 Å². The standard InChI is InChI=1S/C16H24N2O3/c1-3-18(10-12-8-9-20-11-12)16(19)13-6-5-7-14(17)15(13)21-4-2/h5-7,12H,3-4,8-11,17H2,1-2H3. The van der Waals surface area contributed by atoms with Gasteiger partial charge in [-0.3, -0.25) is 4.79 Å². The summed E-state index contributed by atoms with van der Waals surface area (Å²) in [6.07, 6.45) is 1.01. The number of anilines is 1. The predicted octanol–water partition coefficient (Wildman–Crippen LogP) is 2.17. The summed E-state index contributed by atoms with van der Waals surface area (Å²) in [6.45, 7) is 7.26. The van der Waals surface area contributed by atoms with Crippen LogP contribution < -0.4 is 10.5 Å². The van der Waals surface area contributed by atoms with E-state index in [0.29, 0.717) is 36.1 Å². The van der Waals surface area contributed by atoms with Crippen LogP contribution in [0.2, 0.25) is 0 Å². The summed E-state index contributed by atoms with van der Waals surface area (Å²) in [6, 6.07) is 5.32. The third kappa shape index (κ3) is 3.67. The highest BCUT2D eigenvalue weighted by Crippen LogP contribution is 2.28. The molecule has 1 fully saturated rings. The predicted molar refractivity (Wildman–Crippen MR) is 82.5 cm³/mol. The van der Waals surface area contributed by atoms with Crippen LogP contribution in [0, 0.1) is 5.92 Å². The second-order valence-electron chi connectivity index (χ2n) is 5.23. The molecule has 1 aromatic rings. The van der Waals surface area contributed by atoms with Crippen molar-refractivity contribution in [1.82, 2.24) is 4.90 Å². The van der Waals surface area contributed by atoms with Crippen molar-refractivity contribution in [3.63, 3.8) is 0 Å². The molecule has 116 valence electrons. The van der Waals surface area contributed by atoms with Gasteiger partial charge in [0.2, 0.25) is 0 Å². The number of benzene rings is 1. The molecule has 1 atom stereocenters. The smallest absolute Gasteiger partial charge is 0.257 e. The Morgan fingerprint density at radius 3 is 2.90 bits per heavy atom. The third-order valence-corrected chi connectivity index (χ3v) is 3.74. The number of nitrogens with zero attached hydrogens (tertiary/aromatic N) is 1. The highest BCUT2D eigenvalue weighted by molar-refractivity contribution is 5.98. The van der Waals surface area contributed by atoms with Crippen molar-refractivity contribution in [3.05, 3.63) is 23.8 Å². The van der Waals surface area contributed by atoms with E-state index in [4.69, 9.17) is 15.2 Å². The molecule has 0 bridgehead atoms. The minimum absolute atomic E-state index is 0.0276. The summed E-state index contributed by atoms with van der Waals surface area (Å²) < 4.78 is 10.9. The van der Waals surface area contributed by atoms with Crippen LogP contribution in [0.5, 0.6) is 5.75 Å². The molecule has 1 heterocycles. The topological polar surface area (TPSA) is 64.8 Å². The van der Waals surface area contributed by atoms with Gasteiger partial charge in [0.1, 0.15) is 0 Å². The van der Waals surface area contributed by atoms with E-state index in [-0.39, 0.29) is 5.91 Å². The number of carbonyl (C=O) groups is 1. The quantitative estimate of drug-likeness (QED) is 0.816. The van der Waals surface area contributed by atoms with Crippen LogP contribution in [0.4, 0.5) is 5.69 Å². The molecule has 2 N–H and O–H groups in total. The summed E-state index contributed by atoms with van der Waals surface area (Å²) in [4.78, 5) is 14.6. The zero-order chi connectivity index (χ0) is 15.2. The van der Waals surface area contributed by atoms with Gasteiger partial charge in [0, 0.05) is 25.6 Å². The van der Waals surface area contributed by atoms with E-state index in [9.17, 15) is 4.79 Å². The van der Waals surface area contributed by atoms with E-state index < -0.39 is 0 Å². The summed E-state index contributed by atoms with van der Waals surface area (Å²) in [5.41, 5.74) is 6.98. The zero-order valence-electron chi connectivity index (χ0n) is 12.8. The van der Waals surface area contributed by atoms with Gasteiger partial charge in [-0.25, -0.2) is 0 Å². The van der Waals surface area contributed by atoms with Crippen LogP contribution in [0.15, 0.2) is 18.2 Å². The molecule has 1 aromatic carbocycles. The molecule has 1 unspecified atom stereocenters. The lowest BCUT2D eigenvalue weighted by atomic mass is 10.1. The normalized spacial score (nSPS) is 17.7. The lowest BCUT2D eigenvalue weighted by Gasteiger charge is -2.25. The molecule has 0 radical (unpaired) electrons. The van der Waals surface area contributed by atoms with Gasteiger partial charge in [0.05, 0.1) is 24.5 Å². The van der Waals surface area contributed by atoms with Crippen molar-refractivity contribution in [2.24, 2.45) is 5.92 Å². The molecular formula is C16H24N2O3. The fraction of sp³-hybridized carbons (Fsp3) is 0.562. The Morgan fingerprint density at radius 2 is 2.29 bits per heavy atom. The number of hydrogen-bond acceptors (Lipinski definition) is 4. The lowest BCUT2D eigenvalue weighted by Crippen LogP contribution is -2.35. The number of ether oxygens (including phenoxy) is 2. The van der Waals surface area contributed by atoms with Gasteiger partial charge in [-0.2, -0.15) is 0 Å². The minimum atomic E-state index is -0.0276. The number of hydrogen-bond donors (Lipinski definition) is 1. The molecule has 1 aliphatic heterocycles. The maximum absolute atomic E-state index is 12.8. The van der Waals surface area contributed by atoms with Crippen molar-refractivity contribution in [3.8, 4) is 5.75 Å². The monoisotopic (exact) mass is 292 g/mol. The number of rotatable bonds is 6. The van der Waals surface area contributed by atoms with Gasteiger partial charge in [0.25, 0.3) is 5.91 Å². The molecule has 1 amide bonds. The van der Waals surface area contributed by atoms with Gasteiger partial charge in [0.15, 0.2) is 5.75 Å². The maximum Gasteiger partial charge on any atom is 0.257 e. The Bertz CT molecular complexity index is 484. The molecule has 1 saturated heterocycles. The zero-order valence-corrected chi connectivity index (χ0v) is 12.8. The van der Waals surface area contributed by atoms with Crippen LogP contribution in [-0.2, 0) is 4.74 Å². The van der Waals surface area contributed by atoms with Crippen molar-refractivity contribution in [1.29, 1.82) is 0 Å². The molecule has 1 aliphatic rings. The van der Waals surface area contributed by atoms with Crippen LogP contribution in [0.1, 0.15) is 30.6 Å². The number of nitrogen functional groups attached to an aromatic ring is 1. The number of para-hydroxylation sites is 1. The van der Waals surface area contributed by atoms with E-state index in [1.54, 1.807) is 18.2 Å². The average Bonchev–Trinajstić information content (AvgIpc) is 2.99. The molecule has 5 heteroatoms. The lowest BCUT2D eigenvalue weighted by molar-refractivity contribution is 0.0727. The summed E-state index contributed by atoms with van der Waals surface area (Å²) in [7, 11) is 0. The third-order valence-electron chi connectivity index (χ3n) is 3.74. The SMILES string of the molecule is CCOc1c(N)cccc1C(=O)N(CC)CC1CCOC1. The van der Waals surface area contributed by atoms with Gasteiger partial charge < -0.3 is 20.1 Å². The second kappa shape index (κ2) is 7.31. The fourth-order valence-electron chi connectivity index (χ4n) is 2.59. The van der Waals surface area contributed by atoms with Crippen molar-refractivity contribution in [2.75, 3.05) is 38.6 Å². The van der Waals surface area contributed by atoms with Crippen LogP contribution in [-0.4, -0.2) is 43.7 Å². The highest BCUT2D eigenvalue weighted by Gasteiger charge is 2.24. The van der Waals surface area contributed by atoms with E-state index in [2.05, 4.69) is 0 Å². The molecule has 0 aromatic heterocycles. The number of amides is 1. The highest BCUT2D eigenvalue weighted by atomic mass is 16.5. The van der Waals surface area contributed by atoms with E-state index in [0.717, 1.165) is 26.2 Å². The van der Waals surface area contributed by atoms with Crippen LogP contribution >= 0.6 is 0 Å². The molecule has 0 aliphatic carbocycles. The van der Waals surface area contributed by atoms with E-state index in [1.165, 1.54) is 0 Å². The number of nitrogens with two attached hydrogens (primary N) is 1. The van der Waals surface area contributed by atoms with E-state index >= 15 is 0 Å². The van der Waals surface area contributed by atoms with Crippen molar-refractivity contribution in [2.45, 2.75) is 20.3 Å². The van der Waals surface area contributed by atoms with E-state index in [1.807, 2.05) is 18.7 Å². The Kier molecular flexibility index (Phi) is 5.44. The van der Waals surface area contributed by atoms with Crippen LogP contribution in [0.3, 0.4) is 0 Å². The summed E-state index contributed by atoms with van der Waals surface area (Å²) in [5, 5.41) is 0.